The van der Waals surface area contributed by atoms with Crippen LogP contribution in [0, 0.1) is 10.1 Å². The summed E-state index contributed by atoms with van der Waals surface area (Å²) in [7, 11) is 0. The summed E-state index contributed by atoms with van der Waals surface area (Å²) in [5, 5.41) is 23.6. The first kappa shape index (κ1) is 15.2. The molecule has 0 heterocycles. The van der Waals surface area contributed by atoms with Gasteiger partial charge in [-0.3, -0.25) is 10.1 Å². The van der Waals surface area contributed by atoms with Gasteiger partial charge in [0, 0.05) is 17.8 Å². The zero-order valence-electron chi connectivity index (χ0n) is 11.6. The van der Waals surface area contributed by atoms with Gasteiger partial charge in [-0.25, -0.2) is 0 Å². The van der Waals surface area contributed by atoms with E-state index in [1.165, 1.54) is 12.1 Å². The summed E-state index contributed by atoms with van der Waals surface area (Å²) in [5.74, 6) is 0.431. The lowest BCUT2D eigenvalue weighted by Crippen LogP contribution is -2.41. The standard InChI is InChI=1S/C13H20N2O4/c1-5-19-12-7-10(6-11(8-12)15(17)18)14-13(3,4)9(2)16/h6-9,14,16H,5H2,1-4H3. The van der Waals surface area contributed by atoms with E-state index in [4.69, 9.17) is 4.74 Å². The fourth-order valence-corrected chi connectivity index (χ4v) is 1.49. The van der Waals surface area contributed by atoms with Gasteiger partial charge < -0.3 is 15.2 Å². The second kappa shape index (κ2) is 5.88. The number of nitro groups is 1. The van der Waals surface area contributed by atoms with Crippen LogP contribution in [0.2, 0.25) is 0 Å². The highest BCUT2D eigenvalue weighted by molar-refractivity contribution is 5.57. The van der Waals surface area contributed by atoms with E-state index < -0.39 is 16.6 Å². The van der Waals surface area contributed by atoms with E-state index in [0.717, 1.165) is 0 Å². The minimum atomic E-state index is -0.609. The average molecular weight is 268 g/mol. The number of ether oxygens (including phenoxy) is 1. The van der Waals surface area contributed by atoms with Crippen LogP contribution in [0.1, 0.15) is 27.7 Å². The number of non-ortho nitro benzene ring substituents is 1. The Bertz CT molecular complexity index is 458. The molecule has 0 aliphatic heterocycles. The van der Waals surface area contributed by atoms with Crippen LogP contribution in [0.4, 0.5) is 11.4 Å². The van der Waals surface area contributed by atoms with Crippen molar-refractivity contribution in [3.8, 4) is 5.75 Å². The van der Waals surface area contributed by atoms with Crippen LogP contribution in [0.25, 0.3) is 0 Å². The molecule has 0 amide bonds. The third-order valence-electron chi connectivity index (χ3n) is 2.92. The summed E-state index contributed by atoms with van der Waals surface area (Å²) in [5.41, 5.74) is -0.1000. The van der Waals surface area contributed by atoms with Gasteiger partial charge in [0.05, 0.1) is 29.2 Å². The molecule has 0 spiro atoms. The van der Waals surface area contributed by atoms with Gasteiger partial charge in [-0.1, -0.05) is 0 Å². The molecule has 0 aliphatic rings. The number of nitro benzene ring substituents is 1. The maximum Gasteiger partial charge on any atom is 0.275 e. The van der Waals surface area contributed by atoms with Gasteiger partial charge in [-0.05, 0) is 27.7 Å². The Morgan fingerprint density at radius 3 is 2.58 bits per heavy atom. The maximum atomic E-state index is 10.9. The first-order valence-corrected chi connectivity index (χ1v) is 6.14. The summed E-state index contributed by atoms with van der Waals surface area (Å²) >= 11 is 0. The molecule has 0 radical (unpaired) electrons. The molecular formula is C13H20N2O4. The lowest BCUT2D eigenvalue weighted by Gasteiger charge is -2.30. The molecule has 0 fully saturated rings. The van der Waals surface area contributed by atoms with Crippen LogP contribution in [0.3, 0.4) is 0 Å². The van der Waals surface area contributed by atoms with Gasteiger partial charge in [0.1, 0.15) is 5.75 Å². The van der Waals surface area contributed by atoms with E-state index in [0.29, 0.717) is 18.0 Å². The first-order valence-electron chi connectivity index (χ1n) is 6.14. The quantitative estimate of drug-likeness (QED) is 0.612. The van der Waals surface area contributed by atoms with Gasteiger partial charge in [0.15, 0.2) is 0 Å². The second-order valence-corrected chi connectivity index (χ2v) is 4.93. The van der Waals surface area contributed by atoms with E-state index in [9.17, 15) is 15.2 Å². The van der Waals surface area contributed by atoms with E-state index in [-0.39, 0.29) is 5.69 Å². The predicted octanol–water partition coefficient (Wildman–Crippen LogP) is 2.56. The molecule has 1 rings (SSSR count). The summed E-state index contributed by atoms with van der Waals surface area (Å²) in [6.45, 7) is 7.54. The highest BCUT2D eigenvalue weighted by Gasteiger charge is 2.24. The zero-order valence-corrected chi connectivity index (χ0v) is 11.6. The lowest BCUT2D eigenvalue weighted by atomic mass is 9.98. The third-order valence-corrected chi connectivity index (χ3v) is 2.92. The van der Waals surface area contributed by atoms with Gasteiger partial charge in [-0.2, -0.15) is 0 Å². The number of benzene rings is 1. The van der Waals surface area contributed by atoms with Crippen molar-refractivity contribution in [1.82, 2.24) is 0 Å². The highest BCUT2D eigenvalue weighted by Crippen LogP contribution is 2.28. The number of aliphatic hydroxyl groups excluding tert-OH is 1. The molecule has 0 bridgehead atoms. The van der Waals surface area contributed by atoms with Crippen LogP contribution in [0.15, 0.2) is 18.2 Å². The summed E-state index contributed by atoms with van der Waals surface area (Å²) < 4.78 is 5.31. The van der Waals surface area contributed by atoms with Crippen molar-refractivity contribution >= 4 is 11.4 Å². The Labute approximate surface area is 112 Å². The van der Waals surface area contributed by atoms with E-state index in [1.807, 2.05) is 20.8 Å². The van der Waals surface area contributed by atoms with Crippen LogP contribution < -0.4 is 10.1 Å². The minimum Gasteiger partial charge on any atom is -0.494 e. The highest BCUT2D eigenvalue weighted by atomic mass is 16.6. The molecule has 0 saturated carbocycles. The average Bonchev–Trinajstić information content (AvgIpc) is 2.28. The number of nitrogens with one attached hydrogen (secondary N) is 1. The fraction of sp³-hybridized carbons (Fsp3) is 0.538. The molecule has 1 unspecified atom stereocenters. The van der Waals surface area contributed by atoms with Gasteiger partial charge in [-0.15, -0.1) is 0 Å². The van der Waals surface area contributed by atoms with Gasteiger partial charge in [0.2, 0.25) is 0 Å². The van der Waals surface area contributed by atoms with Crippen LogP contribution in [-0.4, -0.2) is 28.3 Å². The minimum absolute atomic E-state index is 0.0464. The number of hydrogen-bond acceptors (Lipinski definition) is 5. The number of nitrogens with zero attached hydrogens (tertiary/aromatic N) is 1. The molecule has 19 heavy (non-hydrogen) atoms. The monoisotopic (exact) mass is 268 g/mol. The molecule has 6 heteroatoms. The van der Waals surface area contributed by atoms with Crippen molar-refractivity contribution in [3.05, 3.63) is 28.3 Å². The Morgan fingerprint density at radius 1 is 1.47 bits per heavy atom. The molecule has 0 aliphatic carbocycles. The smallest absolute Gasteiger partial charge is 0.275 e. The molecule has 0 aromatic heterocycles. The Kier molecular flexibility index (Phi) is 4.72. The molecule has 1 aromatic carbocycles. The molecule has 1 atom stereocenters. The molecular weight excluding hydrogens is 248 g/mol. The zero-order chi connectivity index (χ0) is 14.6. The predicted molar refractivity (Wildman–Crippen MR) is 73.6 cm³/mol. The van der Waals surface area contributed by atoms with Crippen LogP contribution in [0.5, 0.6) is 5.75 Å². The number of aliphatic hydroxyl groups is 1. The van der Waals surface area contributed by atoms with Gasteiger partial charge >= 0.3 is 0 Å². The molecule has 106 valence electrons. The number of rotatable bonds is 6. The van der Waals surface area contributed by atoms with Crippen molar-refractivity contribution in [3.63, 3.8) is 0 Å². The Balaban J connectivity index is 3.09. The molecule has 2 N–H and O–H groups in total. The Morgan fingerprint density at radius 2 is 2.11 bits per heavy atom. The third kappa shape index (κ3) is 4.10. The van der Waals surface area contributed by atoms with Crippen molar-refractivity contribution in [2.75, 3.05) is 11.9 Å². The van der Waals surface area contributed by atoms with E-state index in [2.05, 4.69) is 5.32 Å². The van der Waals surface area contributed by atoms with Crippen molar-refractivity contribution < 1.29 is 14.8 Å². The summed E-state index contributed by atoms with van der Waals surface area (Å²) in [4.78, 5) is 10.4. The first-order chi connectivity index (χ1) is 8.76. The topological polar surface area (TPSA) is 84.6 Å². The second-order valence-electron chi connectivity index (χ2n) is 4.93. The normalized spacial score (nSPS) is 12.9. The van der Waals surface area contributed by atoms with E-state index in [1.54, 1.807) is 13.0 Å². The van der Waals surface area contributed by atoms with Crippen LogP contribution >= 0.6 is 0 Å². The summed E-state index contributed by atoms with van der Waals surface area (Å²) in [6, 6.07) is 4.48. The molecule has 0 saturated heterocycles. The van der Waals surface area contributed by atoms with Crippen molar-refractivity contribution in [2.24, 2.45) is 0 Å². The molecule has 6 nitrogen and oxygen atoms in total. The van der Waals surface area contributed by atoms with Gasteiger partial charge in [0.25, 0.3) is 5.69 Å². The summed E-state index contributed by atoms with van der Waals surface area (Å²) in [6.07, 6.45) is -0.609. The van der Waals surface area contributed by atoms with Crippen LogP contribution in [-0.2, 0) is 0 Å². The largest absolute Gasteiger partial charge is 0.494 e. The van der Waals surface area contributed by atoms with E-state index >= 15 is 0 Å². The number of hydrogen-bond donors (Lipinski definition) is 2. The number of anilines is 1. The lowest BCUT2D eigenvalue weighted by molar-refractivity contribution is -0.384. The van der Waals surface area contributed by atoms with Crippen molar-refractivity contribution in [1.29, 1.82) is 0 Å². The van der Waals surface area contributed by atoms with Crippen molar-refractivity contribution in [2.45, 2.75) is 39.3 Å². The Hall–Kier alpha value is -1.82. The fourth-order valence-electron chi connectivity index (χ4n) is 1.49. The molecule has 1 aromatic rings. The SMILES string of the molecule is CCOc1cc(NC(C)(C)C(C)O)cc([N+](=O)[O-])c1. The maximum absolute atomic E-state index is 10.9.